The smallest absolute Gasteiger partial charge is 0.311 e. The molecule has 2 rings (SSSR count). The lowest BCUT2D eigenvalue weighted by atomic mass is 9.74. The summed E-state index contributed by atoms with van der Waals surface area (Å²) in [4.78, 5) is 26.8. The largest absolute Gasteiger partial charge is 0.459 e. The molecule has 2 saturated heterocycles. The van der Waals surface area contributed by atoms with Crippen LogP contribution in [0.4, 0.5) is 0 Å². The van der Waals surface area contributed by atoms with Crippen LogP contribution in [0.25, 0.3) is 0 Å². The molecule has 2 aliphatic heterocycles. The fourth-order valence-electron chi connectivity index (χ4n) is 6.38. The van der Waals surface area contributed by atoms with Crippen molar-refractivity contribution in [1.29, 1.82) is 0 Å². The lowest BCUT2D eigenvalue weighted by Gasteiger charge is -2.47. The predicted molar refractivity (Wildman–Crippen MR) is 147 cm³/mol. The molecule has 11 heteroatoms. The number of rotatable bonds is 5. The van der Waals surface area contributed by atoms with Crippen LogP contribution in [-0.4, -0.2) is 106 Å². The van der Waals surface area contributed by atoms with E-state index in [1.807, 2.05) is 6.92 Å². The summed E-state index contributed by atoms with van der Waals surface area (Å²) < 4.78 is 24.0. The van der Waals surface area contributed by atoms with Gasteiger partial charge in [-0.25, -0.2) is 0 Å². The molecule has 0 radical (unpaired) electrons. The van der Waals surface area contributed by atoms with Crippen LogP contribution in [0.3, 0.4) is 0 Å². The molecule has 5 N–H and O–H groups in total. The Hall–Kier alpha value is -1.18. The van der Waals surface area contributed by atoms with Crippen LogP contribution in [0.15, 0.2) is 0 Å². The first-order chi connectivity index (χ1) is 18.5. The summed E-state index contributed by atoms with van der Waals surface area (Å²) in [5.41, 5.74) is -3.11. The molecule has 0 aromatic rings. The SMILES string of the molecule is CC[C@H]1OC(=O)[C@H](C)[C@@H](O)[C@H](C)[C@H](OC2O[C@H](C)C[C@H](NC)[C@@H]2O)C(C)(OC)C[C@H](C)C(=O)[C@H](C)[C@@H](O)[C@]1(C)O. The van der Waals surface area contributed by atoms with E-state index in [4.69, 9.17) is 18.9 Å². The van der Waals surface area contributed by atoms with Gasteiger partial charge in [0.2, 0.25) is 0 Å². The van der Waals surface area contributed by atoms with E-state index in [0.29, 0.717) is 6.42 Å². The minimum absolute atomic E-state index is 0.132. The molecule has 0 aromatic carbocycles. The van der Waals surface area contributed by atoms with Crippen LogP contribution >= 0.6 is 0 Å². The highest BCUT2D eigenvalue weighted by Gasteiger charge is 2.51. The topological polar surface area (TPSA) is 164 Å². The van der Waals surface area contributed by atoms with Crippen molar-refractivity contribution in [2.45, 2.75) is 135 Å². The van der Waals surface area contributed by atoms with Crippen molar-refractivity contribution < 1.29 is 49.0 Å². The number of esters is 1. The van der Waals surface area contributed by atoms with E-state index >= 15 is 0 Å². The molecule has 0 saturated carbocycles. The van der Waals surface area contributed by atoms with Crippen molar-refractivity contribution in [1.82, 2.24) is 5.32 Å². The van der Waals surface area contributed by atoms with Crippen molar-refractivity contribution in [3.8, 4) is 0 Å². The zero-order valence-corrected chi connectivity index (χ0v) is 25.8. The lowest BCUT2D eigenvalue weighted by Crippen LogP contribution is -2.60. The number of ether oxygens (including phenoxy) is 4. The standard InChI is InChI=1S/C29H53NO10/c1-11-20-29(8,36)24(34)16(4)21(31)14(2)13-28(7,37-10)25(17(5)22(32)18(6)26(35)39-20)40-27-23(33)19(30-9)12-15(3)38-27/h14-20,22-25,27,30,32-34,36H,11-13H2,1-10H3/t14-,15+,16-,17-,18+,19-,20+,22-,23-,24+,25-,27?,28?,29+/m0/s1. The quantitative estimate of drug-likeness (QED) is 0.299. The number of hydrogen-bond acceptors (Lipinski definition) is 11. The molecule has 234 valence electrons. The van der Waals surface area contributed by atoms with Crippen molar-refractivity contribution in [2.24, 2.45) is 23.7 Å². The number of aliphatic hydroxyl groups is 4. The molecule has 14 atom stereocenters. The first kappa shape index (κ1) is 35.0. The second-order valence-electron chi connectivity index (χ2n) is 12.4. The van der Waals surface area contributed by atoms with E-state index in [9.17, 15) is 30.0 Å². The van der Waals surface area contributed by atoms with E-state index in [-0.39, 0.29) is 30.8 Å². The monoisotopic (exact) mass is 575 g/mol. The molecule has 0 spiro atoms. The number of nitrogens with one attached hydrogen (secondary N) is 1. The minimum atomic E-state index is -1.91. The summed E-state index contributed by atoms with van der Waals surface area (Å²) in [5, 5.41) is 47.9. The van der Waals surface area contributed by atoms with Gasteiger partial charge in [-0.2, -0.15) is 0 Å². The van der Waals surface area contributed by atoms with Gasteiger partial charge in [0.25, 0.3) is 0 Å². The molecule has 0 aliphatic carbocycles. The van der Waals surface area contributed by atoms with Gasteiger partial charge in [0, 0.05) is 30.9 Å². The Morgan fingerprint density at radius 2 is 1.62 bits per heavy atom. The Morgan fingerprint density at radius 1 is 1.02 bits per heavy atom. The highest BCUT2D eigenvalue weighted by Crippen LogP contribution is 2.38. The Kier molecular flexibility index (Phi) is 12.1. The molecule has 0 amide bonds. The number of methoxy groups -OCH3 is 1. The molecule has 2 unspecified atom stereocenters. The lowest BCUT2D eigenvalue weighted by molar-refractivity contribution is -0.296. The maximum atomic E-state index is 13.6. The normalized spacial score (nSPS) is 48.4. The fraction of sp³-hybridized carbons (Fsp3) is 0.931. The number of cyclic esters (lactones) is 1. The van der Waals surface area contributed by atoms with Gasteiger partial charge in [0.05, 0.1) is 35.9 Å². The van der Waals surface area contributed by atoms with Crippen molar-refractivity contribution in [2.75, 3.05) is 14.2 Å². The van der Waals surface area contributed by atoms with E-state index in [1.54, 1.807) is 34.7 Å². The van der Waals surface area contributed by atoms with Gasteiger partial charge in [-0.05, 0) is 54.0 Å². The molecule has 2 heterocycles. The van der Waals surface area contributed by atoms with Gasteiger partial charge in [0.15, 0.2) is 6.29 Å². The van der Waals surface area contributed by atoms with E-state index < -0.39 is 77.7 Å². The molecule has 0 bridgehead atoms. The maximum absolute atomic E-state index is 13.6. The summed E-state index contributed by atoms with van der Waals surface area (Å²) in [6.45, 7) is 13.2. The number of ketones is 1. The van der Waals surface area contributed by atoms with Crippen LogP contribution in [0.2, 0.25) is 0 Å². The highest BCUT2D eigenvalue weighted by atomic mass is 16.7. The molecule has 0 aromatic heterocycles. The number of carbonyl (C=O) groups is 2. The van der Waals surface area contributed by atoms with Crippen LogP contribution in [0, 0.1) is 23.7 Å². The number of Topliss-reactive ketones (excluding diaryl/α,β-unsaturated/α-hetero) is 1. The fourth-order valence-corrected chi connectivity index (χ4v) is 6.38. The van der Waals surface area contributed by atoms with Gasteiger partial charge in [-0.3, -0.25) is 9.59 Å². The van der Waals surface area contributed by atoms with Gasteiger partial charge in [-0.1, -0.05) is 27.7 Å². The zero-order chi connectivity index (χ0) is 30.7. The number of aliphatic hydroxyl groups excluding tert-OH is 3. The summed E-state index contributed by atoms with van der Waals surface area (Å²) in [5.74, 6) is -4.49. The van der Waals surface area contributed by atoms with Crippen LogP contribution < -0.4 is 5.32 Å². The second kappa shape index (κ2) is 13.9. The number of carbonyl (C=O) groups excluding carboxylic acids is 2. The average molecular weight is 576 g/mol. The Bertz CT molecular complexity index is 855. The first-order valence-corrected chi connectivity index (χ1v) is 14.5. The van der Waals surface area contributed by atoms with Crippen LogP contribution in [0.1, 0.15) is 74.7 Å². The molecule has 2 aliphatic rings. The Balaban J connectivity index is 2.59. The van der Waals surface area contributed by atoms with Crippen molar-refractivity contribution >= 4 is 11.8 Å². The Morgan fingerprint density at radius 3 is 2.15 bits per heavy atom. The summed E-state index contributed by atoms with van der Waals surface area (Å²) >= 11 is 0. The van der Waals surface area contributed by atoms with E-state index in [1.165, 1.54) is 27.9 Å². The van der Waals surface area contributed by atoms with E-state index in [0.717, 1.165) is 0 Å². The molecule has 40 heavy (non-hydrogen) atoms. The van der Waals surface area contributed by atoms with Gasteiger partial charge >= 0.3 is 5.97 Å². The summed E-state index contributed by atoms with van der Waals surface area (Å²) in [7, 11) is 3.22. The summed E-state index contributed by atoms with van der Waals surface area (Å²) in [6, 6.07) is -0.295. The van der Waals surface area contributed by atoms with Gasteiger partial charge in [0.1, 0.15) is 23.6 Å². The van der Waals surface area contributed by atoms with Gasteiger partial charge < -0.3 is 44.7 Å². The van der Waals surface area contributed by atoms with E-state index in [2.05, 4.69) is 5.32 Å². The predicted octanol–water partition coefficient (Wildman–Crippen LogP) is 1.17. The first-order valence-electron chi connectivity index (χ1n) is 14.5. The highest BCUT2D eigenvalue weighted by molar-refractivity contribution is 5.83. The third kappa shape index (κ3) is 7.23. The number of hydrogen-bond donors (Lipinski definition) is 5. The maximum Gasteiger partial charge on any atom is 0.311 e. The van der Waals surface area contributed by atoms with Crippen molar-refractivity contribution in [3.63, 3.8) is 0 Å². The van der Waals surface area contributed by atoms with Crippen molar-refractivity contribution in [3.05, 3.63) is 0 Å². The minimum Gasteiger partial charge on any atom is -0.459 e. The van der Waals surface area contributed by atoms with Crippen LogP contribution in [0.5, 0.6) is 0 Å². The van der Waals surface area contributed by atoms with Gasteiger partial charge in [-0.15, -0.1) is 0 Å². The summed E-state index contributed by atoms with van der Waals surface area (Å²) in [6.07, 6.45) is -6.30. The third-order valence-corrected chi connectivity index (χ3v) is 9.26. The second-order valence-corrected chi connectivity index (χ2v) is 12.4. The molecule has 2 fully saturated rings. The zero-order valence-electron chi connectivity index (χ0n) is 25.8. The van der Waals surface area contributed by atoms with Crippen LogP contribution in [-0.2, 0) is 28.5 Å². The molecular formula is C29H53NO10. The average Bonchev–Trinajstić information content (AvgIpc) is 2.92. The third-order valence-electron chi connectivity index (χ3n) is 9.26. The Labute approximate surface area is 238 Å². The molecular weight excluding hydrogens is 522 g/mol. The molecule has 11 nitrogen and oxygen atoms in total. The number of likely N-dealkylation sites (N-methyl/N-ethyl adjacent to an activating group) is 1.